The molecule has 3 nitrogen and oxygen atoms in total. The highest BCUT2D eigenvalue weighted by Crippen LogP contribution is 2.26. The van der Waals surface area contributed by atoms with Crippen LogP contribution in [0.2, 0.25) is 0 Å². The van der Waals surface area contributed by atoms with Crippen molar-refractivity contribution in [2.45, 2.75) is 31.8 Å². The molecular weight excluding hydrogens is 294 g/mol. The summed E-state index contributed by atoms with van der Waals surface area (Å²) in [5.41, 5.74) is 1.17. The van der Waals surface area contributed by atoms with Crippen LogP contribution in [0, 0.1) is 5.92 Å². The number of hydrogen-bond acceptors (Lipinski definition) is 2. The second-order valence-electron chi connectivity index (χ2n) is 4.93. The summed E-state index contributed by atoms with van der Waals surface area (Å²) in [4.78, 5) is 11.6. The Kier molecular flexibility index (Phi) is 4.78. The van der Waals surface area contributed by atoms with Crippen LogP contribution >= 0.6 is 15.9 Å². The van der Waals surface area contributed by atoms with Crippen molar-refractivity contribution in [3.8, 4) is 0 Å². The van der Waals surface area contributed by atoms with Crippen molar-refractivity contribution in [2.75, 3.05) is 6.54 Å². The Morgan fingerprint density at radius 2 is 2.22 bits per heavy atom. The maximum Gasteiger partial charge on any atom is 0.220 e. The van der Waals surface area contributed by atoms with Crippen molar-refractivity contribution >= 4 is 21.8 Å². The van der Waals surface area contributed by atoms with Crippen LogP contribution in [0.3, 0.4) is 0 Å². The van der Waals surface area contributed by atoms with Gasteiger partial charge >= 0.3 is 0 Å². The van der Waals surface area contributed by atoms with Crippen molar-refractivity contribution in [1.29, 1.82) is 0 Å². The molecule has 0 saturated heterocycles. The topological polar surface area (TPSA) is 49.3 Å². The number of carbonyl (C=O) groups is 1. The molecule has 0 aliphatic heterocycles. The molecule has 2 N–H and O–H groups in total. The molecule has 0 spiro atoms. The number of aliphatic hydroxyl groups excluding tert-OH is 1. The van der Waals surface area contributed by atoms with Gasteiger partial charge < -0.3 is 10.4 Å². The van der Waals surface area contributed by atoms with E-state index in [1.807, 2.05) is 24.3 Å². The first-order valence-corrected chi connectivity index (χ1v) is 7.12. The number of benzene rings is 1. The number of aryl methyl sites for hydroxylation is 1. The molecule has 2 rings (SSSR count). The highest BCUT2D eigenvalue weighted by molar-refractivity contribution is 9.10. The lowest BCUT2D eigenvalue weighted by Gasteiger charge is -2.31. The number of halogens is 1. The third-order valence-corrected chi connectivity index (χ3v) is 3.82. The van der Waals surface area contributed by atoms with E-state index in [9.17, 15) is 4.79 Å². The second kappa shape index (κ2) is 6.34. The van der Waals surface area contributed by atoms with Crippen molar-refractivity contribution in [2.24, 2.45) is 5.92 Å². The lowest BCUT2D eigenvalue weighted by molar-refractivity contribution is -0.121. The average Bonchev–Trinajstić information content (AvgIpc) is 2.31. The van der Waals surface area contributed by atoms with Gasteiger partial charge in [0.25, 0.3) is 0 Å². The zero-order valence-electron chi connectivity index (χ0n) is 10.2. The summed E-state index contributed by atoms with van der Waals surface area (Å²) in [7, 11) is 0. The zero-order valence-corrected chi connectivity index (χ0v) is 11.8. The van der Waals surface area contributed by atoms with Gasteiger partial charge in [0.1, 0.15) is 0 Å². The summed E-state index contributed by atoms with van der Waals surface area (Å²) in [6.45, 7) is 0.703. The van der Waals surface area contributed by atoms with Gasteiger partial charge in [0.05, 0.1) is 6.10 Å². The molecule has 0 unspecified atom stereocenters. The van der Waals surface area contributed by atoms with Crippen LogP contribution in [-0.2, 0) is 11.2 Å². The monoisotopic (exact) mass is 311 g/mol. The van der Waals surface area contributed by atoms with E-state index in [2.05, 4.69) is 21.2 Å². The van der Waals surface area contributed by atoms with Crippen LogP contribution in [0.5, 0.6) is 0 Å². The first-order chi connectivity index (χ1) is 8.63. The first kappa shape index (κ1) is 13.6. The van der Waals surface area contributed by atoms with Gasteiger partial charge in [-0.1, -0.05) is 28.1 Å². The molecule has 0 radical (unpaired) electrons. The highest BCUT2D eigenvalue weighted by Gasteiger charge is 2.26. The normalized spacial score (nSPS) is 22.3. The molecule has 0 aromatic heterocycles. The molecule has 0 bridgehead atoms. The van der Waals surface area contributed by atoms with Crippen LogP contribution < -0.4 is 5.32 Å². The lowest BCUT2D eigenvalue weighted by Crippen LogP contribution is -2.38. The fourth-order valence-corrected chi connectivity index (χ4v) is 2.61. The molecule has 18 heavy (non-hydrogen) atoms. The van der Waals surface area contributed by atoms with E-state index in [0.717, 1.165) is 23.7 Å². The predicted octanol–water partition coefficient (Wildman–Crippen LogP) is 2.27. The first-order valence-electron chi connectivity index (χ1n) is 6.32. The van der Waals surface area contributed by atoms with Gasteiger partial charge in [0.2, 0.25) is 5.91 Å². The fourth-order valence-electron chi connectivity index (χ4n) is 2.16. The number of carbonyl (C=O) groups excluding carboxylic acids is 1. The molecule has 1 amide bonds. The molecule has 1 aromatic rings. The van der Waals surface area contributed by atoms with E-state index in [-0.39, 0.29) is 12.0 Å². The average molecular weight is 312 g/mol. The Hall–Kier alpha value is -0.870. The van der Waals surface area contributed by atoms with E-state index < -0.39 is 0 Å². The number of hydrogen-bond donors (Lipinski definition) is 2. The maximum absolute atomic E-state index is 11.6. The van der Waals surface area contributed by atoms with E-state index in [1.54, 1.807) is 0 Å². The third-order valence-electron chi connectivity index (χ3n) is 3.33. The van der Waals surface area contributed by atoms with E-state index in [1.165, 1.54) is 5.56 Å². The van der Waals surface area contributed by atoms with Gasteiger partial charge in [-0.2, -0.15) is 0 Å². The number of nitrogens with one attached hydrogen (secondary N) is 1. The molecule has 1 aliphatic rings. The number of rotatable bonds is 5. The molecule has 1 aromatic carbocycles. The SMILES string of the molecule is O=C(CCc1cccc(Br)c1)NCC1CC(O)C1. The third kappa shape index (κ3) is 4.10. The minimum atomic E-state index is -0.145. The summed E-state index contributed by atoms with van der Waals surface area (Å²) < 4.78 is 1.05. The fraction of sp³-hybridized carbons (Fsp3) is 0.500. The summed E-state index contributed by atoms with van der Waals surface area (Å²) in [5.74, 6) is 0.561. The smallest absolute Gasteiger partial charge is 0.220 e. The Morgan fingerprint density at radius 3 is 2.89 bits per heavy atom. The van der Waals surface area contributed by atoms with Crippen LogP contribution in [0.25, 0.3) is 0 Å². The number of amides is 1. The van der Waals surface area contributed by atoms with Gasteiger partial charge in [0, 0.05) is 17.4 Å². The quantitative estimate of drug-likeness (QED) is 0.876. The molecule has 1 aliphatic carbocycles. The van der Waals surface area contributed by atoms with E-state index >= 15 is 0 Å². The Bertz CT molecular complexity index is 416. The zero-order chi connectivity index (χ0) is 13.0. The summed E-state index contributed by atoms with van der Waals surface area (Å²) in [6.07, 6.45) is 2.79. The maximum atomic E-state index is 11.6. The molecule has 1 fully saturated rings. The Labute approximate surface area is 116 Å². The van der Waals surface area contributed by atoms with Gasteiger partial charge in [0.15, 0.2) is 0 Å². The minimum Gasteiger partial charge on any atom is -0.393 e. The van der Waals surface area contributed by atoms with E-state index in [4.69, 9.17) is 5.11 Å². The molecule has 1 saturated carbocycles. The van der Waals surface area contributed by atoms with Crippen LogP contribution in [0.4, 0.5) is 0 Å². The molecule has 4 heteroatoms. The molecular formula is C14H18BrNO2. The van der Waals surface area contributed by atoms with Gasteiger partial charge in [-0.05, 0) is 42.9 Å². The van der Waals surface area contributed by atoms with Crippen LogP contribution in [-0.4, -0.2) is 23.7 Å². The summed E-state index contributed by atoms with van der Waals surface area (Å²) >= 11 is 3.42. The van der Waals surface area contributed by atoms with Crippen molar-refractivity contribution in [3.05, 3.63) is 34.3 Å². The summed E-state index contributed by atoms with van der Waals surface area (Å²) in [6, 6.07) is 8.02. The Balaban J connectivity index is 1.65. The van der Waals surface area contributed by atoms with Crippen molar-refractivity contribution in [3.63, 3.8) is 0 Å². The molecule has 0 atom stereocenters. The highest BCUT2D eigenvalue weighted by atomic mass is 79.9. The molecule has 98 valence electrons. The minimum absolute atomic E-state index is 0.0939. The molecule has 0 heterocycles. The van der Waals surface area contributed by atoms with E-state index in [0.29, 0.717) is 18.9 Å². The predicted molar refractivity (Wildman–Crippen MR) is 74.2 cm³/mol. The second-order valence-corrected chi connectivity index (χ2v) is 5.84. The van der Waals surface area contributed by atoms with Gasteiger partial charge in [-0.25, -0.2) is 0 Å². The largest absolute Gasteiger partial charge is 0.393 e. The Morgan fingerprint density at radius 1 is 1.44 bits per heavy atom. The van der Waals surface area contributed by atoms with Gasteiger partial charge in [-0.3, -0.25) is 4.79 Å². The number of aliphatic hydroxyl groups is 1. The van der Waals surface area contributed by atoms with Crippen molar-refractivity contribution < 1.29 is 9.90 Å². The van der Waals surface area contributed by atoms with Crippen LogP contribution in [0.1, 0.15) is 24.8 Å². The van der Waals surface area contributed by atoms with Crippen molar-refractivity contribution in [1.82, 2.24) is 5.32 Å². The van der Waals surface area contributed by atoms with Crippen LogP contribution in [0.15, 0.2) is 28.7 Å². The van der Waals surface area contributed by atoms with Gasteiger partial charge in [-0.15, -0.1) is 0 Å². The standard InChI is InChI=1S/C14H18BrNO2/c15-12-3-1-2-10(6-12)4-5-14(18)16-9-11-7-13(17)8-11/h1-3,6,11,13,17H,4-5,7-9H2,(H,16,18). The lowest BCUT2D eigenvalue weighted by atomic mass is 9.82. The summed E-state index contributed by atoms with van der Waals surface area (Å²) in [5, 5.41) is 12.1.